The zero-order valence-corrected chi connectivity index (χ0v) is 14.2. The lowest BCUT2D eigenvalue weighted by Gasteiger charge is -2.42. The smallest absolute Gasteiger partial charge is 0.0594 e. The van der Waals surface area contributed by atoms with Gasteiger partial charge in [0.15, 0.2) is 0 Å². The van der Waals surface area contributed by atoms with Gasteiger partial charge in [-0.1, -0.05) is 27.2 Å². The maximum Gasteiger partial charge on any atom is 0.0594 e. The Labute approximate surface area is 125 Å². The van der Waals surface area contributed by atoms with E-state index in [2.05, 4.69) is 50.0 Å². The van der Waals surface area contributed by atoms with Crippen molar-refractivity contribution in [1.29, 1.82) is 0 Å². The van der Waals surface area contributed by atoms with Crippen LogP contribution in [-0.2, 0) is 4.74 Å². The van der Waals surface area contributed by atoms with E-state index >= 15 is 0 Å². The SMILES string of the molecule is CCC(C)C1CN(CCOCCN(C)C)C(CC)CN1. The number of piperazine rings is 1. The van der Waals surface area contributed by atoms with Crippen LogP contribution in [0.15, 0.2) is 0 Å². The van der Waals surface area contributed by atoms with Crippen LogP contribution in [-0.4, -0.2) is 75.4 Å². The van der Waals surface area contributed by atoms with Gasteiger partial charge in [-0.25, -0.2) is 0 Å². The number of nitrogens with one attached hydrogen (secondary N) is 1. The number of hydrogen-bond donors (Lipinski definition) is 1. The molecule has 1 N–H and O–H groups in total. The lowest BCUT2D eigenvalue weighted by atomic mass is 9.95. The highest BCUT2D eigenvalue weighted by atomic mass is 16.5. The lowest BCUT2D eigenvalue weighted by Crippen LogP contribution is -2.58. The molecule has 0 aromatic carbocycles. The summed E-state index contributed by atoms with van der Waals surface area (Å²) in [7, 11) is 4.17. The average Bonchev–Trinajstić information content (AvgIpc) is 2.45. The summed E-state index contributed by atoms with van der Waals surface area (Å²) in [6.45, 7) is 13.0. The predicted molar refractivity (Wildman–Crippen MR) is 86.3 cm³/mol. The first-order valence-corrected chi connectivity index (χ1v) is 8.28. The molecule has 0 bridgehead atoms. The second-order valence-corrected chi connectivity index (χ2v) is 6.37. The third-order valence-corrected chi connectivity index (χ3v) is 4.57. The molecule has 0 amide bonds. The molecule has 1 fully saturated rings. The topological polar surface area (TPSA) is 27.7 Å². The van der Waals surface area contributed by atoms with E-state index in [0.29, 0.717) is 12.1 Å². The third-order valence-electron chi connectivity index (χ3n) is 4.57. The van der Waals surface area contributed by atoms with Gasteiger partial charge in [0.1, 0.15) is 0 Å². The minimum Gasteiger partial charge on any atom is -0.379 e. The van der Waals surface area contributed by atoms with Crippen molar-refractivity contribution in [2.24, 2.45) is 5.92 Å². The second kappa shape index (κ2) is 9.72. The van der Waals surface area contributed by atoms with E-state index in [4.69, 9.17) is 4.74 Å². The van der Waals surface area contributed by atoms with Gasteiger partial charge in [0.05, 0.1) is 13.2 Å². The van der Waals surface area contributed by atoms with Crippen molar-refractivity contribution in [2.75, 3.05) is 53.5 Å². The molecule has 4 nitrogen and oxygen atoms in total. The predicted octanol–water partition coefficient (Wildman–Crippen LogP) is 1.66. The summed E-state index contributed by atoms with van der Waals surface area (Å²) in [6, 6.07) is 1.32. The van der Waals surface area contributed by atoms with E-state index in [1.807, 2.05) is 0 Å². The molecular formula is C16H35N3O. The lowest BCUT2D eigenvalue weighted by molar-refractivity contribution is 0.0516. The summed E-state index contributed by atoms with van der Waals surface area (Å²) in [6.07, 6.45) is 2.47. The van der Waals surface area contributed by atoms with Gasteiger partial charge < -0.3 is 15.0 Å². The highest BCUT2D eigenvalue weighted by Crippen LogP contribution is 2.16. The van der Waals surface area contributed by atoms with Crippen LogP contribution >= 0.6 is 0 Å². The van der Waals surface area contributed by atoms with Crippen molar-refractivity contribution in [3.8, 4) is 0 Å². The van der Waals surface area contributed by atoms with Crippen LogP contribution in [0.1, 0.15) is 33.6 Å². The van der Waals surface area contributed by atoms with Crippen molar-refractivity contribution < 1.29 is 4.74 Å². The van der Waals surface area contributed by atoms with Crippen molar-refractivity contribution in [1.82, 2.24) is 15.1 Å². The second-order valence-electron chi connectivity index (χ2n) is 6.37. The minimum atomic E-state index is 0.643. The maximum atomic E-state index is 5.76. The number of nitrogens with zero attached hydrogens (tertiary/aromatic N) is 2. The highest BCUT2D eigenvalue weighted by molar-refractivity contribution is 4.87. The highest BCUT2D eigenvalue weighted by Gasteiger charge is 2.28. The van der Waals surface area contributed by atoms with Gasteiger partial charge in [-0.3, -0.25) is 4.90 Å². The van der Waals surface area contributed by atoms with E-state index in [0.717, 1.165) is 38.8 Å². The van der Waals surface area contributed by atoms with Gasteiger partial charge in [-0.2, -0.15) is 0 Å². The zero-order valence-electron chi connectivity index (χ0n) is 14.2. The quantitative estimate of drug-likeness (QED) is 0.652. The molecule has 3 unspecified atom stereocenters. The number of ether oxygens (including phenoxy) is 1. The summed E-state index contributed by atoms with van der Waals surface area (Å²) >= 11 is 0. The molecule has 1 saturated heterocycles. The van der Waals surface area contributed by atoms with E-state index in [9.17, 15) is 0 Å². The largest absolute Gasteiger partial charge is 0.379 e. The minimum absolute atomic E-state index is 0.643. The molecule has 0 saturated carbocycles. The van der Waals surface area contributed by atoms with E-state index < -0.39 is 0 Å². The molecule has 0 aromatic rings. The standard InChI is InChI=1S/C16H35N3O/c1-6-14(3)16-13-19(15(7-2)12-17-16)9-11-20-10-8-18(4)5/h14-17H,6-13H2,1-5H3. The Kier molecular flexibility index (Phi) is 8.69. The fraction of sp³-hybridized carbons (Fsp3) is 1.00. The average molecular weight is 285 g/mol. The van der Waals surface area contributed by atoms with E-state index in [1.165, 1.54) is 19.4 Å². The van der Waals surface area contributed by atoms with E-state index in [-0.39, 0.29) is 0 Å². The Balaban J connectivity index is 2.31. The van der Waals surface area contributed by atoms with Gasteiger partial charge in [0.25, 0.3) is 0 Å². The molecule has 1 heterocycles. The van der Waals surface area contributed by atoms with Crippen LogP contribution < -0.4 is 5.32 Å². The van der Waals surface area contributed by atoms with Gasteiger partial charge in [-0.15, -0.1) is 0 Å². The molecule has 0 aliphatic carbocycles. The van der Waals surface area contributed by atoms with Gasteiger partial charge in [0, 0.05) is 38.3 Å². The molecule has 1 rings (SSSR count). The van der Waals surface area contributed by atoms with Crippen LogP contribution in [0.3, 0.4) is 0 Å². The van der Waals surface area contributed by atoms with Gasteiger partial charge in [0.2, 0.25) is 0 Å². The monoisotopic (exact) mass is 285 g/mol. The molecule has 0 aromatic heterocycles. The number of rotatable bonds is 9. The molecule has 4 heteroatoms. The van der Waals surface area contributed by atoms with Crippen LogP contribution in [0.5, 0.6) is 0 Å². The zero-order chi connectivity index (χ0) is 15.0. The number of likely N-dealkylation sites (N-methyl/N-ethyl adjacent to an activating group) is 1. The van der Waals surface area contributed by atoms with Crippen molar-refractivity contribution in [3.05, 3.63) is 0 Å². The first kappa shape index (κ1) is 17.9. The fourth-order valence-electron chi connectivity index (χ4n) is 2.76. The van der Waals surface area contributed by atoms with Crippen LogP contribution in [0.25, 0.3) is 0 Å². The Morgan fingerprint density at radius 2 is 2.05 bits per heavy atom. The van der Waals surface area contributed by atoms with Gasteiger partial charge in [-0.05, 0) is 26.4 Å². The van der Waals surface area contributed by atoms with Crippen molar-refractivity contribution in [2.45, 2.75) is 45.7 Å². The molecule has 1 aliphatic heterocycles. The summed E-state index contributed by atoms with van der Waals surface area (Å²) in [5, 5.41) is 3.73. The summed E-state index contributed by atoms with van der Waals surface area (Å²) in [4.78, 5) is 4.79. The summed E-state index contributed by atoms with van der Waals surface area (Å²) in [5.41, 5.74) is 0. The Morgan fingerprint density at radius 1 is 1.30 bits per heavy atom. The summed E-state index contributed by atoms with van der Waals surface area (Å²) in [5.74, 6) is 0.755. The molecule has 0 spiro atoms. The Morgan fingerprint density at radius 3 is 2.65 bits per heavy atom. The van der Waals surface area contributed by atoms with Crippen molar-refractivity contribution in [3.63, 3.8) is 0 Å². The maximum absolute atomic E-state index is 5.76. The molecule has 1 aliphatic rings. The molecule has 20 heavy (non-hydrogen) atoms. The van der Waals surface area contributed by atoms with Crippen molar-refractivity contribution >= 4 is 0 Å². The normalized spacial score (nSPS) is 26.1. The number of hydrogen-bond acceptors (Lipinski definition) is 4. The third kappa shape index (κ3) is 6.08. The molecular weight excluding hydrogens is 250 g/mol. The van der Waals surface area contributed by atoms with Gasteiger partial charge >= 0.3 is 0 Å². The Bertz CT molecular complexity index is 248. The van der Waals surface area contributed by atoms with E-state index in [1.54, 1.807) is 0 Å². The Hall–Kier alpha value is -0.160. The van der Waals surface area contributed by atoms with Crippen LogP contribution in [0.2, 0.25) is 0 Å². The first-order valence-electron chi connectivity index (χ1n) is 8.28. The molecule has 0 radical (unpaired) electrons. The first-order chi connectivity index (χ1) is 9.58. The fourth-order valence-corrected chi connectivity index (χ4v) is 2.76. The summed E-state index contributed by atoms with van der Waals surface area (Å²) < 4.78 is 5.76. The van der Waals surface area contributed by atoms with Crippen LogP contribution in [0, 0.1) is 5.92 Å². The molecule has 3 atom stereocenters. The van der Waals surface area contributed by atoms with Crippen LogP contribution in [0.4, 0.5) is 0 Å². The molecule has 120 valence electrons.